The van der Waals surface area contributed by atoms with Crippen molar-refractivity contribution in [1.82, 2.24) is 0 Å². The summed E-state index contributed by atoms with van der Waals surface area (Å²) in [6, 6.07) is 5.81. The first kappa shape index (κ1) is 14.0. The molecule has 96 valence electrons. The molecule has 0 bridgehead atoms. The number of hydrogen-bond acceptors (Lipinski definition) is 1. The Morgan fingerprint density at radius 3 is 2.53 bits per heavy atom. The lowest BCUT2D eigenvalue weighted by Gasteiger charge is -2.30. The Hall–Kier alpha value is -1.02. The van der Waals surface area contributed by atoms with E-state index in [0.717, 1.165) is 16.6 Å². The number of rotatable bonds is 6. The predicted molar refractivity (Wildman–Crippen MR) is 73.0 cm³/mol. The van der Waals surface area contributed by atoms with Gasteiger partial charge in [0.1, 0.15) is 12.3 Å². The predicted octanol–water partition coefficient (Wildman–Crippen LogP) is 3.47. The Morgan fingerprint density at radius 1 is 1.18 bits per heavy atom. The third-order valence-electron chi connectivity index (χ3n) is 3.38. The summed E-state index contributed by atoms with van der Waals surface area (Å²) in [7, 11) is 4.53. The monoisotopic (exact) mass is 236 g/mol. The van der Waals surface area contributed by atoms with Crippen LogP contribution in [0, 0.1) is 6.92 Å². The number of aromatic hydroxyl groups is 1. The summed E-state index contributed by atoms with van der Waals surface area (Å²) in [6.45, 7) is 6.42. The highest BCUT2D eigenvalue weighted by molar-refractivity contribution is 5.37. The van der Waals surface area contributed by atoms with Crippen LogP contribution in [0.1, 0.15) is 37.3 Å². The van der Waals surface area contributed by atoms with Gasteiger partial charge in [0.15, 0.2) is 0 Å². The summed E-state index contributed by atoms with van der Waals surface area (Å²) in [5.74, 6) is 0.413. The van der Waals surface area contributed by atoms with Gasteiger partial charge < -0.3 is 9.59 Å². The lowest BCUT2D eigenvalue weighted by molar-refractivity contribution is -0.903. The van der Waals surface area contributed by atoms with Crippen LogP contribution in [0.4, 0.5) is 0 Å². The molecule has 0 aromatic heterocycles. The maximum absolute atomic E-state index is 9.70. The Morgan fingerprint density at radius 2 is 1.88 bits per heavy atom. The molecule has 0 aliphatic rings. The first-order chi connectivity index (χ1) is 7.96. The number of unbranched alkanes of at least 4 members (excludes halogenated alkanes) is 2. The molecule has 0 spiro atoms. The molecule has 2 nitrogen and oxygen atoms in total. The average Bonchev–Trinajstić information content (AvgIpc) is 2.25. The molecule has 0 aliphatic heterocycles. The summed E-state index contributed by atoms with van der Waals surface area (Å²) in [5, 5.41) is 9.70. The number of phenols is 1. The second kappa shape index (κ2) is 6.06. The molecule has 1 aromatic rings. The van der Waals surface area contributed by atoms with Crippen molar-refractivity contribution in [2.24, 2.45) is 0 Å². The van der Waals surface area contributed by atoms with Crippen molar-refractivity contribution in [3.05, 3.63) is 29.3 Å². The highest BCUT2D eigenvalue weighted by atomic mass is 16.3. The molecule has 1 N–H and O–H groups in total. The van der Waals surface area contributed by atoms with E-state index in [9.17, 15) is 5.11 Å². The molecule has 1 rings (SSSR count). The van der Waals surface area contributed by atoms with Crippen LogP contribution in [-0.2, 0) is 6.54 Å². The molecule has 0 amide bonds. The Balaban J connectivity index is 2.65. The van der Waals surface area contributed by atoms with Crippen molar-refractivity contribution in [3.8, 4) is 5.75 Å². The fraction of sp³-hybridized carbons (Fsp3) is 0.600. The highest BCUT2D eigenvalue weighted by Crippen LogP contribution is 2.22. The van der Waals surface area contributed by atoms with Gasteiger partial charge in [-0.1, -0.05) is 25.5 Å². The van der Waals surface area contributed by atoms with Crippen molar-refractivity contribution >= 4 is 0 Å². The van der Waals surface area contributed by atoms with Gasteiger partial charge in [0.05, 0.1) is 20.6 Å². The lowest BCUT2D eigenvalue weighted by atomic mass is 10.1. The lowest BCUT2D eigenvalue weighted by Crippen LogP contribution is -2.39. The summed E-state index contributed by atoms with van der Waals surface area (Å²) in [5.41, 5.74) is 2.28. The third-order valence-corrected chi connectivity index (χ3v) is 3.38. The summed E-state index contributed by atoms with van der Waals surface area (Å²) < 4.78 is 0.990. The van der Waals surface area contributed by atoms with E-state index in [1.54, 1.807) is 6.07 Å². The number of phenolic OH excluding ortho intramolecular Hbond substituents is 1. The normalized spacial score (nSPS) is 11.8. The minimum atomic E-state index is 0.413. The van der Waals surface area contributed by atoms with E-state index in [0.29, 0.717) is 5.75 Å². The molecule has 0 fully saturated rings. The first-order valence-corrected chi connectivity index (χ1v) is 6.56. The molecule has 17 heavy (non-hydrogen) atoms. The van der Waals surface area contributed by atoms with Crippen LogP contribution in [0.5, 0.6) is 5.75 Å². The van der Waals surface area contributed by atoms with Crippen LogP contribution < -0.4 is 0 Å². The maximum atomic E-state index is 9.70. The smallest absolute Gasteiger partial charge is 0.118 e. The molecule has 0 radical (unpaired) electrons. The van der Waals surface area contributed by atoms with Crippen LogP contribution in [0.25, 0.3) is 0 Å². The van der Waals surface area contributed by atoms with Gasteiger partial charge in [0.25, 0.3) is 0 Å². The highest BCUT2D eigenvalue weighted by Gasteiger charge is 2.17. The summed E-state index contributed by atoms with van der Waals surface area (Å²) >= 11 is 0. The van der Waals surface area contributed by atoms with Crippen LogP contribution in [0.15, 0.2) is 18.2 Å². The second-order valence-corrected chi connectivity index (χ2v) is 5.59. The van der Waals surface area contributed by atoms with Crippen LogP contribution in [-0.4, -0.2) is 30.2 Å². The number of hydrogen-bond donors (Lipinski definition) is 1. The zero-order valence-corrected chi connectivity index (χ0v) is 11.7. The zero-order chi connectivity index (χ0) is 12.9. The quantitative estimate of drug-likeness (QED) is 0.592. The second-order valence-electron chi connectivity index (χ2n) is 5.59. The Bertz CT molecular complexity index is 358. The first-order valence-electron chi connectivity index (χ1n) is 6.56. The molecule has 0 unspecified atom stereocenters. The standard InChI is InChI=1S/C15H25NO/c1-5-6-7-11-16(3,4)12-14-9-8-10-15(17)13(14)2/h8-10H,5-7,11-12H2,1-4H3/p+1. The number of nitrogens with zero attached hydrogens (tertiary/aromatic N) is 1. The number of quaternary nitrogens is 1. The van der Waals surface area contributed by atoms with Crippen molar-refractivity contribution in [2.45, 2.75) is 39.7 Å². The maximum Gasteiger partial charge on any atom is 0.118 e. The fourth-order valence-corrected chi connectivity index (χ4v) is 2.17. The largest absolute Gasteiger partial charge is 0.508 e. The van der Waals surface area contributed by atoms with Gasteiger partial charge in [-0.2, -0.15) is 0 Å². The van der Waals surface area contributed by atoms with Gasteiger partial charge in [0.2, 0.25) is 0 Å². The third kappa shape index (κ3) is 4.39. The molecule has 2 heteroatoms. The van der Waals surface area contributed by atoms with E-state index in [4.69, 9.17) is 0 Å². The SMILES string of the molecule is CCCCC[N+](C)(C)Cc1cccc(O)c1C. The Labute approximate surface area is 105 Å². The van der Waals surface area contributed by atoms with E-state index >= 15 is 0 Å². The van der Waals surface area contributed by atoms with E-state index in [1.165, 1.54) is 31.4 Å². The number of benzene rings is 1. The van der Waals surface area contributed by atoms with Gasteiger partial charge in [-0.15, -0.1) is 0 Å². The minimum absolute atomic E-state index is 0.413. The molecular weight excluding hydrogens is 210 g/mol. The molecule has 0 aliphatic carbocycles. The van der Waals surface area contributed by atoms with E-state index < -0.39 is 0 Å². The van der Waals surface area contributed by atoms with Crippen molar-refractivity contribution < 1.29 is 9.59 Å². The molecule has 0 saturated carbocycles. The van der Waals surface area contributed by atoms with Crippen molar-refractivity contribution in [2.75, 3.05) is 20.6 Å². The van der Waals surface area contributed by atoms with Crippen molar-refractivity contribution in [1.29, 1.82) is 0 Å². The minimum Gasteiger partial charge on any atom is -0.508 e. The van der Waals surface area contributed by atoms with Crippen LogP contribution in [0.3, 0.4) is 0 Å². The van der Waals surface area contributed by atoms with Gasteiger partial charge in [0, 0.05) is 5.56 Å². The summed E-state index contributed by atoms with van der Waals surface area (Å²) in [4.78, 5) is 0. The molecule has 0 saturated heterocycles. The molecule has 1 aromatic carbocycles. The summed E-state index contributed by atoms with van der Waals surface area (Å²) in [6.07, 6.45) is 3.85. The van der Waals surface area contributed by atoms with Crippen LogP contribution in [0.2, 0.25) is 0 Å². The van der Waals surface area contributed by atoms with Gasteiger partial charge in [-0.3, -0.25) is 0 Å². The van der Waals surface area contributed by atoms with Gasteiger partial charge >= 0.3 is 0 Å². The van der Waals surface area contributed by atoms with E-state index in [-0.39, 0.29) is 0 Å². The zero-order valence-electron chi connectivity index (χ0n) is 11.7. The molecular formula is C15H26NO+. The molecule has 0 atom stereocenters. The van der Waals surface area contributed by atoms with E-state index in [1.807, 2.05) is 13.0 Å². The van der Waals surface area contributed by atoms with E-state index in [2.05, 4.69) is 27.1 Å². The van der Waals surface area contributed by atoms with Crippen molar-refractivity contribution in [3.63, 3.8) is 0 Å². The van der Waals surface area contributed by atoms with Gasteiger partial charge in [-0.25, -0.2) is 0 Å². The van der Waals surface area contributed by atoms with Gasteiger partial charge in [-0.05, 0) is 31.4 Å². The average molecular weight is 236 g/mol. The molecule has 0 heterocycles. The Kier molecular flexibility index (Phi) is 5.01. The van der Waals surface area contributed by atoms with Crippen LogP contribution >= 0.6 is 0 Å². The fourth-order valence-electron chi connectivity index (χ4n) is 2.17. The topological polar surface area (TPSA) is 20.2 Å².